The van der Waals surface area contributed by atoms with Crippen LogP contribution < -0.4 is 9.62 Å². The number of amides is 2. The number of anilines is 1. The van der Waals surface area contributed by atoms with E-state index in [2.05, 4.69) is 21.2 Å². The second kappa shape index (κ2) is 13.5. The standard InChI is InChI=1S/C24H30BrCl2N3O4S/c1-4-6-13-28-24(32)22(5-2)29(15-17-7-10-19(26)14-21(17)27)23(31)16-30(35(3,33)34)20-11-8-18(25)9-12-20/h7-12,14,22H,4-6,13,15-16H2,1-3H3,(H,28,32)/t22-/m1/s1. The van der Waals surface area contributed by atoms with Gasteiger partial charge in [0.05, 0.1) is 11.9 Å². The molecule has 0 saturated heterocycles. The van der Waals surface area contributed by atoms with E-state index in [0.717, 1.165) is 27.9 Å². The molecule has 11 heteroatoms. The monoisotopic (exact) mass is 605 g/mol. The summed E-state index contributed by atoms with van der Waals surface area (Å²) in [5.74, 6) is -0.823. The number of sulfonamides is 1. The zero-order valence-electron chi connectivity index (χ0n) is 19.9. The summed E-state index contributed by atoms with van der Waals surface area (Å²) in [5, 5.41) is 3.67. The molecule has 2 amide bonds. The minimum absolute atomic E-state index is 0.0203. The Morgan fingerprint density at radius 1 is 1.09 bits per heavy atom. The molecule has 0 radical (unpaired) electrons. The van der Waals surface area contributed by atoms with Gasteiger partial charge in [0.25, 0.3) is 0 Å². The van der Waals surface area contributed by atoms with Crippen LogP contribution in [-0.2, 0) is 26.2 Å². The van der Waals surface area contributed by atoms with Gasteiger partial charge in [0, 0.05) is 27.6 Å². The van der Waals surface area contributed by atoms with Crippen molar-refractivity contribution in [1.82, 2.24) is 10.2 Å². The van der Waals surface area contributed by atoms with Gasteiger partial charge in [0.15, 0.2) is 0 Å². The summed E-state index contributed by atoms with van der Waals surface area (Å²) in [6, 6.07) is 10.7. The largest absolute Gasteiger partial charge is 0.354 e. The lowest BCUT2D eigenvalue weighted by molar-refractivity contribution is -0.140. The van der Waals surface area contributed by atoms with Gasteiger partial charge >= 0.3 is 0 Å². The van der Waals surface area contributed by atoms with Crippen LogP contribution in [0, 0.1) is 0 Å². The fourth-order valence-electron chi connectivity index (χ4n) is 3.48. The van der Waals surface area contributed by atoms with Crippen molar-refractivity contribution in [1.29, 1.82) is 0 Å². The first-order valence-electron chi connectivity index (χ1n) is 11.2. The molecule has 0 unspecified atom stereocenters. The molecule has 35 heavy (non-hydrogen) atoms. The maximum atomic E-state index is 13.6. The van der Waals surface area contributed by atoms with Gasteiger partial charge in [-0.15, -0.1) is 0 Å². The molecule has 0 aliphatic carbocycles. The molecule has 2 rings (SSSR count). The van der Waals surface area contributed by atoms with Crippen LogP contribution >= 0.6 is 39.1 Å². The zero-order chi connectivity index (χ0) is 26.2. The molecule has 0 aromatic heterocycles. The van der Waals surface area contributed by atoms with Crippen LogP contribution in [0.25, 0.3) is 0 Å². The second-order valence-electron chi connectivity index (χ2n) is 8.07. The van der Waals surface area contributed by atoms with Gasteiger partial charge in [-0.3, -0.25) is 13.9 Å². The quantitative estimate of drug-likeness (QED) is 0.335. The molecule has 0 fully saturated rings. The number of halogens is 3. The van der Waals surface area contributed by atoms with E-state index in [-0.39, 0.29) is 12.5 Å². The smallest absolute Gasteiger partial charge is 0.244 e. The molecule has 0 saturated carbocycles. The third kappa shape index (κ3) is 8.66. The van der Waals surface area contributed by atoms with Gasteiger partial charge in [-0.25, -0.2) is 8.42 Å². The molecule has 0 aliphatic heterocycles. The molecule has 2 aromatic carbocycles. The van der Waals surface area contributed by atoms with Crippen molar-refractivity contribution in [3.05, 3.63) is 62.5 Å². The van der Waals surface area contributed by atoms with Crippen LogP contribution in [0.5, 0.6) is 0 Å². The van der Waals surface area contributed by atoms with Crippen molar-refractivity contribution in [2.75, 3.05) is 23.7 Å². The van der Waals surface area contributed by atoms with Gasteiger partial charge in [0.1, 0.15) is 12.6 Å². The Kier molecular flexibility index (Phi) is 11.3. The first-order chi connectivity index (χ1) is 16.5. The number of unbranched alkanes of at least 4 members (excludes halogenated alkanes) is 1. The molecular weight excluding hydrogens is 577 g/mol. The van der Waals surface area contributed by atoms with Crippen LogP contribution in [0.3, 0.4) is 0 Å². The summed E-state index contributed by atoms with van der Waals surface area (Å²) < 4.78 is 27.0. The summed E-state index contributed by atoms with van der Waals surface area (Å²) in [6.07, 6.45) is 3.10. The lowest BCUT2D eigenvalue weighted by Gasteiger charge is -2.33. The summed E-state index contributed by atoms with van der Waals surface area (Å²) in [6.45, 7) is 3.86. The SMILES string of the molecule is CCCCNC(=O)[C@@H](CC)N(Cc1ccc(Cl)cc1Cl)C(=O)CN(c1ccc(Br)cc1)S(C)(=O)=O. The first-order valence-corrected chi connectivity index (χ1v) is 14.6. The highest BCUT2D eigenvalue weighted by Gasteiger charge is 2.32. The topological polar surface area (TPSA) is 86.8 Å². The Bertz CT molecular complexity index is 1130. The third-order valence-electron chi connectivity index (χ3n) is 5.37. The highest BCUT2D eigenvalue weighted by molar-refractivity contribution is 9.10. The Morgan fingerprint density at radius 3 is 2.29 bits per heavy atom. The summed E-state index contributed by atoms with van der Waals surface area (Å²) in [4.78, 5) is 28.0. The Hall–Kier alpha value is -1.81. The molecule has 192 valence electrons. The molecule has 0 aliphatic rings. The van der Waals surface area contributed by atoms with E-state index >= 15 is 0 Å². The number of nitrogens with zero attached hydrogens (tertiary/aromatic N) is 2. The van der Waals surface area contributed by atoms with Crippen LogP contribution in [-0.4, -0.2) is 50.5 Å². The van der Waals surface area contributed by atoms with Crippen LogP contribution in [0.2, 0.25) is 10.0 Å². The molecule has 1 atom stereocenters. The third-order valence-corrected chi connectivity index (χ3v) is 7.62. The number of hydrogen-bond acceptors (Lipinski definition) is 4. The number of rotatable bonds is 12. The fourth-order valence-corrected chi connectivity index (χ4v) is 5.06. The number of carbonyl (C=O) groups excluding carboxylic acids is 2. The van der Waals surface area contributed by atoms with Crippen molar-refractivity contribution in [2.24, 2.45) is 0 Å². The van der Waals surface area contributed by atoms with E-state index in [1.807, 2.05) is 6.92 Å². The van der Waals surface area contributed by atoms with Crippen molar-refractivity contribution in [3.63, 3.8) is 0 Å². The Balaban J connectivity index is 2.43. The van der Waals surface area contributed by atoms with E-state index in [4.69, 9.17) is 23.2 Å². The Morgan fingerprint density at radius 2 is 1.74 bits per heavy atom. The number of nitrogens with one attached hydrogen (secondary N) is 1. The maximum Gasteiger partial charge on any atom is 0.244 e. The van der Waals surface area contributed by atoms with E-state index in [1.54, 1.807) is 49.4 Å². The van der Waals surface area contributed by atoms with Gasteiger partial charge in [-0.05, 0) is 54.8 Å². The van der Waals surface area contributed by atoms with Gasteiger partial charge < -0.3 is 10.2 Å². The molecule has 2 aromatic rings. The normalized spacial score (nSPS) is 12.2. The number of carbonyl (C=O) groups is 2. The van der Waals surface area contributed by atoms with E-state index < -0.39 is 28.5 Å². The molecule has 0 bridgehead atoms. The van der Waals surface area contributed by atoms with Crippen molar-refractivity contribution in [2.45, 2.75) is 45.7 Å². The van der Waals surface area contributed by atoms with Crippen LogP contribution in [0.15, 0.2) is 46.9 Å². The van der Waals surface area contributed by atoms with Crippen molar-refractivity contribution in [3.8, 4) is 0 Å². The van der Waals surface area contributed by atoms with Gasteiger partial charge in [-0.1, -0.05) is 65.5 Å². The molecule has 1 N–H and O–H groups in total. The Labute approximate surface area is 225 Å². The number of benzene rings is 2. The van der Waals surface area contributed by atoms with Crippen molar-refractivity contribution >= 4 is 66.7 Å². The average Bonchev–Trinajstić information content (AvgIpc) is 2.78. The molecule has 7 nitrogen and oxygen atoms in total. The lowest BCUT2D eigenvalue weighted by Crippen LogP contribution is -2.52. The minimum atomic E-state index is -3.79. The zero-order valence-corrected chi connectivity index (χ0v) is 23.8. The average molecular weight is 607 g/mol. The van der Waals surface area contributed by atoms with Gasteiger partial charge in [-0.2, -0.15) is 0 Å². The summed E-state index contributed by atoms with van der Waals surface area (Å²) >= 11 is 15.7. The second-order valence-corrected chi connectivity index (χ2v) is 11.7. The van der Waals surface area contributed by atoms with Gasteiger partial charge in [0.2, 0.25) is 21.8 Å². The summed E-state index contributed by atoms with van der Waals surface area (Å²) in [5.41, 5.74) is 0.938. The highest BCUT2D eigenvalue weighted by atomic mass is 79.9. The fraction of sp³-hybridized carbons (Fsp3) is 0.417. The van der Waals surface area contributed by atoms with Crippen LogP contribution in [0.1, 0.15) is 38.7 Å². The molecule has 0 heterocycles. The first kappa shape index (κ1) is 29.4. The maximum absolute atomic E-state index is 13.6. The van der Waals surface area contributed by atoms with E-state index in [9.17, 15) is 18.0 Å². The molecule has 0 spiro atoms. The minimum Gasteiger partial charge on any atom is -0.354 e. The predicted molar refractivity (Wildman–Crippen MR) is 145 cm³/mol. The lowest BCUT2D eigenvalue weighted by atomic mass is 10.1. The summed E-state index contributed by atoms with van der Waals surface area (Å²) in [7, 11) is -3.79. The van der Waals surface area contributed by atoms with Crippen molar-refractivity contribution < 1.29 is 18.0 Å². The van der Waals surface area contributed by atoms with Crippen LogP contribution in [0.4, 0.5) is 5.69 Å². The number of hydrogen-bond donors (Lipinski definition) is 1. The van der Waals surface area contributed by atoms with E-state index in [1.165, 1.54) is 4.90 Å². The van der Waals surface area contributed by atoms with E-state index in [0.29, 0.717) is 34.3 Å². The highest BCUT2D eigenvalue weighted by Crippen LogP contribution is 2.25. The predicted octanol–water partition coefficient (Wildman–Crippen LogP) is 5.25. The molecular formula is C24H30BrCl2N3O4S.